The summed E-state index contributed by atoms with van der Waals surface area (Å²) in [6.07, 6.45) is 7.04. The van der Waals surface area contributed by atoms with Crippen molar-refractivity contribution in [2.24, 2.45) is 5.10 Å². The van der Waals surface area contributed by atoms with E-state index in [0.29, 0.717) is 5.11 Å². The molecule has 0 unspecified atom stereocenters. The molecule has 0 radical (unpaired) electrons. The Labute approximate surface area is 144 Å². The Kier molecular flexibility index (Phi) is 8.04. The lowest BCUT2D eigenvalue weighted by Crippen LogP contribution is -2.37. The first-order chi connectivity index (χ1) is 11.3. The predicted octanol–water partition coefficient (Wildman–Crippen LogP) is 3.61. The molecule has 2 N–H and O–H groups in total. The van der Waals surface area contributed by atoms with Gasteiger partial charge in [0.2, 0.25) is 0 Å². The minimum absolute atomic E-state index is 0.275. The van der Waals surface area contributed by atoms with Crippen LogP contribution in [0.3, 0.4) is 0 Å². The molecular weight excluding hydrogens is 306 g/mol. The smallest absolute Gasteiger partial charge is 0.187 e. The minimum atomic E-state index is 0.275. The average Bonchev–Trinajstić information content (AvgIpc) is 3.10. The van der Waals surface area contributed by atoms with Crippen LogP contribution >= 0.6 is 12.2 Å². The Hall–Kier alpha value is -1.46. The van der Waals surface area contributed by atoms with E-state index in [2.05, 4.69) is 34.9 Å². The Morgan fingerprint density at radius 1 is 1.30 bits per heavy atom. The van der Waals surface area contributed by atoms with Crippen molar-refractivity contribution in [2.75, 3.05) is 13.2 Å². The van der Waals surface area contributed by atoms with Crippen molar-refractivity contribution in [1.82, 2.24) is 10.7 Å². The van der Waals surface area contributed by atoms with Gasteiger partial charge in [0.1, 0.15) is 0 Å². The molecule has 0 spiro atoms. The van der Waals surface area contributed by atoms with Crippen LogP contribution in [-0.4, -0.2) is 30.1 Å². The zero-order valence-electron chi connectivity index (χ0n) is 13.9. The Balaban J connectivity index is 1.86. The third-order valence-electron chi connectivity index (χ3n) is 3.93. The van der Waals surface area contributed by atoms with Gasteiger partial charge >= 0.3 is 0 Å². The number of benzene rings is 1. The summed E-state index contributed by atoms with van der Waals surface area (Å²) in [6.45, 7) is 3.82. The third kappa shape index (κ3) is 6.67. The zero-order chi connectivity index (χ0) is 16.3. The molecule has 0 bridgehead atoms. The number of nitrogens with zero attached hydrogens (tertiary/aromatic N) is 1. The SMILES string of the molecule is CCCCC/C(=N/NC(=S)NC[C@@H]1CCCO1)c1ccccc1. The van der Waals surface area contributed by atoms with Crippen LogP contribution in [-0.2, 0) is 4.74 Å². The predicted molar refractivity (Wildman–Crippen MR) is 99.8 cm³/mol. The molecule has 0 aromatic heterocycles. The van der Waals surface area contributed by atoms with Gasteiger partial charge in [-0.05, 0) is 43.5 Å². The van der Waals surface area contributed by atoms with Gasteiger partial charge in [-0.1, -0.05) is 50.1 Å². The van der Waals surface area contributed by atoms with Crippen molar-refractivity contribution in [2.45, 2.75) is 51.6 Å². The number of nitrogens with one attached hydrogen (secondary N) is 2. The maximum absolute atomic E-state index is 5.58. The topological polar surface area (TPSA) is 45.7 Å². The van der Waals surface area contributed by atoms with Gasteiger partial charge in [-0.2, -0.15) is 5.10 Å². The lowest BCUT2D eigenvalue weighted by Gasteiger charge is -2.13. The van der Waals surface area contributed by atoms with E-state index in [-0.39, 0.29) is 6.10 Å². The van der Waals surface area contributed by atoms with Gasteiger partial charge in [0.25, 0.3) is 0 Å². The van der Waals surface area contributed by atoms with Gasteiger partial charge in [-0.3, -0.25) is 5.43 Å². The fourth-order valence-electron chi connectivity index (χ4n) is 2.61. The van der Waals surface area contributed by atoms with E-state index in [1.807, 2.05) is 18.2 Å². The van der Waals surface area contributed by atoms with Crippen molar-refractivity contribution in [3.05, 3.63) is 35.9 Å². The van der Waals surface area contributed by atoms with Crippen LogP contribution in [0.2, 0.25) is 0 Å². The first-order valence-corrected chi connectivity index (χ1v) is 8.98. The second-order valence-electron chi connectivity index (χ2n) is 5.84. The normalized spacial score (nSPS) is 18.0. The number of hydrogen-bond donors (Lipinski definition) is 2. The van der Waals surface area contributed by atoms with Crippen LogP contribution in [0.15, 0.2) is 35.4 Å². The summed E-state index contributed by atoms with van der Waals surface area (Å²) >= 11 is 5.31. The summed E-state index contributed by atoms with van der Waals surface area (Å²) in [5.41, 5.74) is 5.19. The minimum Gasteiger partial charge on any atom is -0.376 e. The van der Waals surface area contributed by atoms with Crippen molar-refractivity contribution in [3.63, 3.8) is 0 Å². The molecule has 0 amide bonds. The second kappa shape index (κ2) is 10.3. The molecule has 126 valence electrons. The van der Waals surface area contributed by atoms with E-state index >= 15 is 0 Å². The Morgan fingerprint density at radius 2 is 2.13 bits per heavy atom. The molecule has 1 heterocycles. The van der Waals surface area contributed by atoms with Crippen molar-refractivity contribution in [3.8, 4) is 0 Å². The van der Waals surface area contributed by atoms with E-state index in [1.54, 1.807) is 0 Å². The highest BCUT2D eigenvalue weighted by molar-refractivity contribution is 7.80. The van der Waals surface area contributed by atoms with Gasteiger partial charge < -0.3 is 10.1 Å². The molecule has 2 rings (SSSR count). The lowest BCUT2D eigenvalue weighted by molar-refractivity contribution is 0.114. The summed E-state index contributed by atoms with van der Waals surface area (Å²) < 4.78 is 5.58. The highest BCUT2D eigenvalue weighted by atomic mass is 32.1. The molecule has 5 heteroatoms. The van der Waals surface area contributed by atoms with Crippen molar-refractivity contribution >= 4 is 23.0 Å². The Morgan fingerprint density at radius 3 is 2.83 bits per heavy atom. The Bertz CT molecular complexity index is 498. The lowest BCUT2D eigenvalue weighted by atomic mass is 10.0. The highest BCUT2D eigenvalue weighted by Gasteiger charge is 2.15. The van der Waals surface area contributed by atoms with Crippen LogP contribution in [0.25, 0.3) is 0 Å². The first kappa shape index (κ1) is 17.9. The molecule has 1 aromatic rings. The molecule has 1 aliphatic rings. The van der Waals surface area contributed by atoms with E-state index in [1.165, 1.54) is 12.8 Å². The molecule has 1 aromatic carbocycles. The summed E-state index contributed by atoms with van der Waals surface area (Å²) in [6, 6.07) is 10.3. The van der Waals surface area contributed by atoms with E-state index < -0.39 is 0 Å². The molecule has 1 fully saturated rings. The highest BCUT2D eigenvalue weighted by Crippen LogP contribution is 2.11. The number of rotatable bonds is 8. The molecule has 0 saturated carbocycles. The quantitative estimate of drug-likeness (QED) is 0.330. The maximum atomic E-state index is 5.58. The van der Waals surface area contributed by atoms with Gasteiger partial charge in [-0.25, -0.2) is 0 Å². The van der Waals surface area contributed by atoms with Crippen LogP contribution in [0.5, 0.6) is 0 Å². The molecule has 4 nitrogen and oxygen atoms in total. The van der Waals surface area contributed by atoms with Crippen LogP contribution < -0.4 is 10.7 Å². The maximum Gasteiger partial charge on any atom is 0.187 e. The summed E-state index contributed by atoms with van der Waals surface area (Å²) in [5, 5.41) is 8.28. The van der Waals surface area contributed by atoms with E-state index in [4.69, 9.17) is 17.0 Å². The molecule has 1 saturated heterocycles. The summed E-state index contributed by atoms with van der Waals surface area (Å²) in [4.78, 5) is 0. The largest absolute Gasteiger partial charge is 0.376 e. The van der Waals surface area contributed by atoms with Crippen LogP contribution in [0.1, 0.15) is 51.0 Å². The fourth-order valence-corrected chi connectivity index (χ4v) is 2.74. The van der Waals surface area contributed by atoms with Crippen LogP contribution in [0, 0.1) is 0 Å². The van der Waals surface area contributed by atoms with Crippen LogP contribution in [0.4, 0.5) is 0 Å². The molecule has 1 aliphatic heterocycles. The number of unbranched alkanes of at least 4 members (excludes halogenated alkanes) is 2. The first-order valence-electron chi connectivity index (χ1n) is 8.57. The molecule has 1 atom stereocenters. The second-order valence-corrected chi connectivity index (χ2v) is 6.25. The van der Waals surface area contributed by atoms with Crippen molar-refractivity contribution in [1.29, 1.82) is 0 Å². The average molecular weight is 334 g/mol. The van der Waals surface area contributed by atoms with Gasteiger partial charge in [0, 0.05) is 13.2 Å². The van der Waals surface area contributed by atoms with Crippen molar-refractivity contribution < 1.29 is 4.74 Å². The standard InChI is InChI=1S/C18H27N3OS/c1-2-3-5-12-17(15-9-6-4-7-10-15)20-21-18(23)19-14-16-11-8-13-22-16/h4,6-7,9-10,16H,2-3,5,8,11-14H2,1H3,(H2,19,21,23)/b20-17-/t16-/m0/s1. The van der Waals surface area contributed by atoms with Gasteiger partial charge in [0.15, 0.2) is 5.11 Å². The molecular formula is C18H27N3OS. The summed E-state index contributed by atoms with van der Waals surface area (Å²) in [5.74, 6) is 0. The zero-order valence-corrected chi connectivity index (χ0v) is 14.7. The fraction of sp³-hybridized carbons (Fsp3) is 0.556. The number of hydrazone groups is 1. The summed E-state index contributed by atoms with van der Waals surface area (Å²) in [7, 11) is 0. The van der Waals surface area contributed by atoms with Gasteiger partial charge in [0.05, 0.1) is 11.8 Å². The monoisotopic (exact) mass is 333 g/mol. The number of thiocarbonyl (C=S) groups is 1. The van der Waals surface area contributed by atoms with E-state index in [9.17, 15) is 0 Å². The molecule has 0 aliphatic carbocycles. The third-order valence-corrected chi connectivity index (χ3v) is 4.17. The number of ether oxygens (including phenoxy) is 1. The van der Waals surface area contributed by atoms with E-state index in [0.717, 1.165) is 50.1 Å². The molecule has 23 heavy (non-hydrogen) atoms. The van der Waals surface area contributed by atoms with Gasteiger partial charge in [-0.15, -0.1) is 0 Å². The number of hydrogen-bond acceptors (Lipinski definition) is 3.